The molecule has 94 valence electrons. The molecule has 0 amide bonds. The van der Waals surface area contributed by atoms with Crippen LogP contribution in [0.5, 0.6) is 0 Å². The van der Waals surface area contributed by atoms with E-state index in [1.54, 1.807) is 33.0 Å². The molecule has 0 radical (unpaired) electrons. The highest BCUT2D eigenvalue weighted by molar-refractivity contribution is 5.69. The summed E-state index contributed by atoms with van der Waals surface area (Å²) in [5.74, 6) is -0.430. The molecule has 5 heteroatoms. The van der Waals surface area contributed by atoms with Crippen LogP contribution in [0.1, 0.15) is 26.3 Å². The van der Waals surface area contributed by atoms with Gasteiger partial charge in [0.1, 0.15) is 12.1 Å². The lowest BCUT2D eigenvalue weighted by Gasteiger charge is -2.19. The zero-order valence-corrected chi connectivity index (χ0v) is 10.4. The van der Waals surface area contributed by atoms with Crippen molar-refractivity contribution in [2.24, 2.45) is 5.73 Å². The predicted molar refractivity (Wildman–Crippen MR) is 64.4 cm³/mol. The van der Waals surface area contributed by atoms with Gasteiger partial charge in [-0.15, -0.1) is 0 Å². The van der Waals surface area contributed by atoms with Gasteiger partial charge in [0.25, 0.3) is 5.56 Å². The van der Waals surface area contributed by atoms with Gasteiger partial charge in [0.15, 0.2) is 0 Å². The summed E-state index contributed by atoms with van der Waals surface area (Å²) in [6, 6.07) is 3.14. The highest BCUT2D eigenvalue weighted by atomic mass is 16.6. The average molecular weight is 238 g/mol. The number of aromatic nitrogens is 1. The summed E-state index contributed by atoms with van der Waals surface area (Å²) in [4.78, 5) is 23.1. The molecule has 0 aliphatic carbocycles. The molecule has 1 aromatic heterocycles. The Bertz CT molecular complexity index is 458. The second-order valence-electron chi connectivity index (χ2n) is 4.79. The first-order valence-electron chi connectivity index (χ1n) is 5.43. The predicted octanol–water partition coefficient (Wildman–Crippen LogP) is 0.649. The van der Waals surface area contributed by atoms with E-state index in [1.807, 2.05) is 0 Å². The molecule has 2 N–H and O–H groups in total. The van der Waals surface area contributed by atoms with Crippen LogP contribution >= 0.6 is 0 Å². The molecule has 0 aromatic carbocycles. The molecule has 17 heavy (non-hydrogen) atoms. The van der Waals surface area contributed by atoms with Crippen LogP contribution in [0.4, 0.5) is 0 Å². The molecule has 0 bridgehead atoms. The Balaban J connectivity index is 2.76. The van der Waals surface area contributed by atoms with E-state index in [4.69, 9.17) is 10.5 Å². The lowest BCUT2D eigenvalue weighted by atomic mass is 10.2. The number of carbonyl (C=O) groups is 1. The van der Waals surface area contributed by atoms with Crippen LogP contribution in [-0.2, 0) is 22.6 Å². The van der Waals surface area contributed by atoms with Crippen molar-refractivity contribution in [3.05, 3.63) is 34.2 Å². The maximum atomic E-state index is 11.6. The van der Waals surface area contributed by atoms with Crippen LogP contribution in [0.25, 0.3) is 0 Å². The highest BCUT2D eigenvalue weighted by Gasteiger charge is 2.16. The third-order valence-corrected chi connectivity index (χ3v) is 2.02. The average Bonchev–Trinajstić information content (AvgIpc) is 2.18. The first-order valence-corrected chi connectivity index (χ1v) is 5.43. The second kappa shape index (κ2) is 5.14. The van der Waals surface area contributed by atoms with Crippen molar-refractivity contribution in [2.75, 3.05) is 0 Å². The summed E-state index contributed by atoms with van der Waals surface area (Å²) in [5, 5.41) is 0. The van der Waals surface area contributed by atoms with Gasteiger partial charge in [0.2, 0.25) is 0 Å². The molecule has 0 atom stereocenters. The van der Waals surface area contributed by atoms with Crippen molar-refractivity contribution in [2.45, 2.75) is 39.5 Å². The van der Waals surface area contributed by atoms with Gasteiger partial charge in [-0.1, -0.05) is 0 Å². The molecular weight excluding hydrogens is 220 g/mol. The van der Waals surface area contributed by atoms with Crippen molar-refractivity contribution >= 4 is 5.97 Å². The van der Waals surface area contributed by atoms with Crippen LogP contribution < -0.4 is 11.3 Å². The lowest BCUT2D eigenvalue weighted by molar-refractivity contribution is -0.155. The quantitative estimate of drug-likeness (QED) is 0.784. The topological polar surface area (TPSA) is 74.3 Å². The van der Waals surface area contributed by atoms with E-state index in [0.29, 0.717) is 6.54 Å². The van der Waals surface area contributed by atoms with Crippen LogP contribution in [0.3, 0.4) is 0 Å². The fourth-order valence-corrected chi connectivity index (χ4v) is 1.32. The normalized spacial score (nSPS) is 11.3. The summed E-state index contributed by atoms with van der Waals surface area (Å²) in [7, 11) is 0. The Kier molecular flexibility index (Phi) is 4.07. The summed E-state index contributed by atoms with van der Waals surface area (Å²) in [6.45, 7) is 5.57. The Morgan fingerprint density at radius 3 is 2.59 bits per heavy atom. The molecule has 0 saturated carbocycles. The largest absolute Gasteiger partial charge is 0.459 e. The number of nitrogens with two attached hydrogens (primary N) is 1. The van der Waals surface area contributed by atoms with E-state index >= 15 is 0 Å². The van der Waals surface area contributed by atoms with Crippen molar-refractivity contribution in [3.63, 3.8) is 0 Å². The highest BCUT2D eigenvalue weighted by Crippen LogP contribution is 2.07. The minimum atomic E-state index is -0.544. The molecule has 1 aromatic rings. The van der Waals surface area contributed by atoms with Crippen molar-refractivity contribution in [1.29, 1.82) is 0 Å². The maximum Gasteiger partial charge on any atom is 0.326 e. The molecule has 0 spiro atoms. The number of esters is 1. The lowest BCUT2D eigenvalue weighted by Crippen LogP contribution is -2.30. The summed E-state index contributed by atoms with van der Waals surface area (Å²) in [5.41, 5.74) is 5.36. The Labute approximate surface area is 100 Å². The number of pyridine rings is 1. The smallest absolute Gasteiger partial charge is 0.326 e. The molecular formula is C12H18N2O3. The van der Waals surface area contributed by atoms with Crippen LogP contribution in [0, 0.1) is 0 Å². The Morgan fingerprint density at radius 2 is 2.12 bits per heavy atom. The first-order chi connectivity index (χ1) is 7.81. The molecule has 1 rings (SSSR count). The molecule has 0 aliphatic heterocycles. The second-order valence-corrected chi connectivity index (χ2v) is 4.79. The monoisotopic (exact) mass is 238 g/mol. The standard InChI is InChI=1S/C12H18N2O3/c1-12(2,3)17-11(16)8-14-5-4-9(7-13)6-10(14)15/h4-6H,7-8,13H2,1-3H3. The zero-order valence-electron chi connectivity index (χ0n) is 10.4. The van der Waals surface area contributed by atoms with Gasteiger partial charge in [-0.25, -0.2) is 0 Å². The van der Waals surface area contributed by atoms with Crippen molar-refractivity contribution < 1.29 is 9.53 Å². The van der Waals surface area contributed by atoms with E-state index in [-0.39, 0.29) is 12.1 Å². The van der Waals surface area contributed by atoms with E-state index in [1.165, 1.54) is 10.6 Å². The van der Waals surface area contributed by atoms with E-state index in [0.717, 1.165) is 5.56 Å². The fourth-order valence-electron chi connectivity index (χ4n) is 1.32. The minimum Gasteiger partial charge on any atom is -0.459 e. The molecule has 0 unspecified atom stereocenters. The Hall–Kier alpha value is -1.62. The van der Waals surface area contributed by atoms with E-state index in [9.17, 15) is 9.59 Å². The summed E-state index contributed by atoms with van der Waals surface area (Å²) < 4.78 is 6.43. The Morgan fingerprint density at radius 1 is 1.47 bits per heavy atom. The minimum absolute atomic E-state index is 0.0824. The third-order valence-electron chi connectivity index (χ3n) is 2.02. The molecule has 0 aliphatic rings. The molecule has 0 fully saturated rings. The number of hydrogen-bond acceptors (Lipinski definition) is 4. The number of hydrogen-bond donors (Lipinski definition) is 1. The number of rotatable bonds is 3. The van der Waals surface area contributed by atoms with Gasteiger partial charge in [-0.3, -0.25) is 9.59 Å². The molecule has 5 nitrogen and oxygen atoms in total. The van der Waals surface area contributed by atoms with Crippen LogP contribution in [0.15, 0.2) is 23.1 Å². The van der Waals surface area contributed by atoms with Gasteiger partial charge in [0, 0.05) is 18.8 Å². The van der Waals surface area contributed by atoms with Crippen LogP contribution in [-0.4, -0.2) is 16.1 Å². The molecule has 1 heterocycles. The van der Waals surface area contributed by atoms with Crippen molar-refractivity contribution in [1.82, 2.24) is 4.57 Å². The van der Waals surface area contributed by atoms with E-state index in [2.05, 4.69) is 0 Å². The fraction of sp³-hybridized carbons (Fsp3) is 0.500. The van der Waals surface area contributed by atoms with Gasteiger partial charge < -0.3 is 15.0 Å². The van der Waals surface area contributed by atoms with E-state index < -0.39 is 11.6 Å². The summed E-state index contributed by atoms with van der Waals surface area (Å²) in [6.07, 6.45) is 1.55. The van der Waals surface area contributed by atoms with Crippen molar-refractivity contribution in [3.8, 4) is 0 Å². The number of nitrogens with zero attached hydrogens (tertiary/aromatic N) is 1. The first kappa shape index (κ1) is 13.4. The molecule has 0 saturated heterocycles. The third kappa shape index (κ3) is 4.40. The maximum absolute atomic E-state index is 11.6. The number of ether oxygens (including phenoxy) is 1. The zero-order chi connectivity index (χ0) is 13.1. The van der Waals surface area contributed by atoms with Gasteiger partial charge >= 0.3 is 5.97 Å². The van der Waals surface area contributed by atoms with Gasteiger partial charge in [-0.2, -0.15) is 0 Å². The summed E-state index contributed by atoms with van der Waals surface area (Å²) >= 11 is 0. The SMILES string of the molecule is CC(C)(C)OC(=O)Cn1ccc(CN)cc1=O. The van der Waals surface area contributed by atoms with Gasteiger partial charge in [0.05, 0.1) is 0 Å². The van der Waals surface area contributed by atoms with Gasteiger partial charge in [-0.05, 0) is 32.4 Å². The van der Waals surface area contributed by atoms with Crippen LogP contribution in [0.2, 0.25) is 0 Å². The number of carbonyl (C=O) groups excluding carboxylic acids is 1.